The SMILES string of the molecule is CCNC(=NCc1ccc(F)cc1)N1CCC(COC)C1. The summed E-state index contributed by atoms with van der Waals surface area (Å²) in [6, 6.07) is 6.50. The van der Waals surface area contributed by atoms with Crippen molar-refractivity contribution in [1.82, 2.24) is 10.2 Å². The van der Waals surface area contributed by atoms with Gasteiger partial charge in [-0.3, -0.25) is 0 Å². The lowest BCUT2D eigenvalue weighted by Crippen LogP contribution is -2.40. The van der Waals surface area contributed by atoms with Gasteiger partial charge in [0.25, 0.3) is 0 Å². The topological polar surface area (TPSA) is 36.9 Å². The molecule has 2 rings (SSSR count). The van der Waals surface area contributed by atoms with Crippen LogP contribution in [0.5, 0.6) is 0 Å². The van der Waals surface area contributed by atoms with Crippen molar-refractivity contribution in [2.24, 2.45) is 10.9 Å². The van der Waals surface area contributed by atoms with Gasteiger partial charge in [-0.2, -0.15) is 0 Å². The van der Waals surface area contributed by atoms with E-state index in [2.05, 4.69) is 22.1 Å². The minimum absolute atomic E-state index is 0.211. The molecule has 1 aromatic rings. The first-order chi connectivity index (χ1) is 10.2. The zero-order chi connectivity index (χ0) is 15.1. The average molecular weight is 293 g/mol. The van der Waals surface area contributed by atoms with Crippen molar-refractivity contribution in [2.75, 3.05) is 33.4 Å². The zero-order valence-electron chi connectivity index (χ0n) is 12.8. The molecule has 1 unspecified atom stereocenters. The summed E-state index contributed by atoms with van der Waals surface area (Å²) in [5.41, 5.74) is 1.01. The van der Waals surface area contributed by atoms with Gasteiger partial charge in [0.05, 0.1) is 13.2 Å². The van der Waals surface area contributed by atoms with E-state index in [1.54, 1.807) is 19.2 Å². The summed E-state index contributed by atoms with van der Waals surface area (Å²) in [6.45, 7) is 6.25. The standard InChI is InChI=1S/C16H24FN3O/c1-3-18-16(20-9-8-14(11-20)12-21-2)19-10-13-4-6-15(17)7-5-13/h4-7,14H,3,8-12H2,1-2H3,(H,18,19). The number of hydrogen-bond acceptors (Lipinski definition) is 2. The van der Waals surface area contributed by atoms with Crippen molar-refractivity contribution in [1.29, 1.82) is 0 Å². The molecule has 1 aliphatic heterocycles. The largest absolute Gasteiger partial charge is 0.384 e. The third kappa shape index (κ3) is 4.70. The molecule has 0 bridgehead atoms. The van der Waals surface area contributed by atoms with Crippen LogP contribution in [0, 0.1) is 11.7 Å². The van der Waals surface area contributed by atoms with E-state index in [-0.39, 0.29) is 5.82 Å². The van der Waals surface area contributed by atoms with Gasteiger partial charge in [-0.15, -0.1) is 0 Å². The van der Waals surface area contributed by atoms with Crippen LogP contribution in [0.2, 0.25) is 0 Å². The molecule has 0 radical (unpaired) electrons. The normalized spacial score (nSPS) is 19.1. The highest BCUT2D eigenvalue weighted by atomic mass is 19.1. The predicted octanol–water partition coefficient (Wildman–Crippen LogP) is 2.26. The van der Waals surface area contributed by atoms with Gasteiger partial charge in [-0.1, -0.05) is 12.1 Å². The highest BCUT2D eigenvalue weighted by Crippen LogP contribution is 2.16. The van der Waals surface area contributed by atoms with Gasteiger partial charge in [0.15, 0.2) is 5.96 Å². The molecule has 1 N–H and O–H groups in total. The molecule has 1 atom stereocenters. The van der Waals surface area contributed by atoms with Gasteiger partial charge in [0.1, 0.15) is 5.82 Å². The van der Waals surface area contributed by atoms with E-state index in [1.165, 1.54) is 12.1 Å². The van der Waals surface area contributed by atoms with Crippen LogP contribution in [0.3, 0.4) is 0 Å². The Morgan fingerprint density at radius 3 is 2.86 bits per heavy atom. The van der Waals surface area contributed by atoms with Crippen LogP contribution in [0.15, 0.2) is 29.3 Å². The number of halogens is 1. The number of guanidine groups is 1. The number of nitrogens with one attached hydrogen (secondary N) is 1. The molecule has 0 aromatic heterocycles. The molecule has 1 aromatic carbocycles. The minimum atomic E-state index is -0.211. The van der Waals surface area contributed by atoms with E-state index in [4.69, 9.17) is 4.74 Å². The van der Waals surface area contributed by atoms with Gasteiger partial charge < -0.3 is 15.0 Å². The first-order valence-corrected chi connectivity index (χ1v) is 7.49. The van der Waals surface area contributed by atoms with Crippen LogP contribution >= 0.6 is 0 Å². The summed E-state index contributed by atoms with van der Waals surface area (Å²) < 4.78 is 18.1. The Morgan fingerprint density at radius 2 is 2.19 bits per heavy atom. The van der Waals surface area contributed by atoms with Crippen LogP contribution < -0.4 is 5.32 Å². The maximum absolute atomic E-state index is 12.9. The Morgan fingerprint density at radius 1 is 1.43 bits per heavy atom. The maximum Gasteiger partial charge on any atom is 0.194 e. The summed E-state index contributed by atoms with van der Waals surface area (Å²) >= 11 is 0. The van der Waals surface area contributed by atoms with Gasteiger partial charge >= 0.3 is 0 Å². The summed E-state index contributed by atoms with van der Waals surface area (Å²) in [5, 5.41) is 3.33. The van der Waals surface area contributed by atoms with E-state index in [0.29, 0.717) is 12.5 Å². The van der Waals surface area contributed by atoms with Crippen molar-refractivity contribution in [2.45, 2.75) is 19.9 Å². The molecule has 1 fully saturated rings. The fourth-order valence-corrected chi connectivity index (χ4v) is 2.58. The molecule has 1 saturated heterocycles. The lowest BCUT2D eigenvalue weighted by atomic mass is 10.1. The number of likely N-dealkylation sites (tertiary alicyclic amines) is 1. The van der Waals surface area contributed by atoms with E-state index < -0.39 is 0 Å². The molecule has 4 nitrogen and oxygen atoms in total. The Bertz CT molecular complexity index is 461. The summed E-state index contributed by atoms with van der Waals surface area (Å²) in [7, 11) is 1.75. The Labute approximate surface area is 126 Å². The van der Waals surface area contributed by atoms with E-state index in [1.807, 2.05) is 0 Å². The lowest BCUT2D eigenvalue weighted by molar-refractivity contribution is 0.157. The van der Waals surface area contributed by atoms with E-state index >= 15 is 0 Å². The first-order valence-electron chi connectivity index (χ1n) is 7.49. The zero-order valence-corrected chi connectivity index (χ0v) is 12.8. The van der Waals surface area contributed by atoms with Gasteiger partial charge in [0, 0.05) is 32.7 Å². The Balaban J connectivity index is 1.97. The number of nitrogens with zero attached hydrogens (tertiary/aromatic N) is 2. The molecule has 0 aliphatic carbocycles. The molecule has 0 amide bonds. The van der Waals surface area contributed by atoms with Crippen LogP contribution in [-0.4, -0.2) is 44.2 Å². The molecular weight excluding hydrogens is 269 g/mol. The third-order valence-corrected chi connectivity index (χ3v) is 3.65. The minimum Gasteiger partial charge on any atom is -0.384 e. The second-order valence-corrected chi connectivity index (χ2v) is 5.35. The molecule has 1 aliphatic rings. The summed E-state index contributed by atoms with van der Waals surface area (Å²) in [4.78, 5) is 6.93. The summed E-state index contributed by atoms with van der Waals surface area (Å²) in [6.07, 6.45) is 1.13. The van der Waals surface area contributed by atoms with E-state index in [0.717, 1.165) is 44.2 Å². The van der Waals surface area contributed by atoms with Gasteiger partial charge in [-0.05, 0) is 31.0 Å². The number of hydrogen-bond donors (Lipinski definition) is 1. The number of ether oxygens (including phenoxy) is 1. The van der Waals surface area contributed by atoms with Crippen molar-refractivity contribution < 1.29 is 9.13 Å². The van der Waals surface area contributed by atoms with Crippen molar-refractivity contribution in [3.63, 3.8) is 0 Å². The number of benzene rings is 1. The predicted molar refractivity (Wildman–Crippen MR) is 82.8 cm³/mol. The number of methoxy groups -OCH3 is 1. The second kappa shape index (κ2) is 7.98. The number of aliphatic imine (C=N–C) groups is 1. The van der Waals surface area contributed by atoms with Crippen LogP contribution in [0.1, 0.15) is 18.9 Å². The molecule has 0 saturated carbocycles. The molecular formula is C16H24FN3O. The smallest absolute Gasteiger partial charge is 0.194 e. The maximum atomic E-state index is 12.9. The molecule has 0 spiro atoms. The lowest BCUT2D eigenvalue weighted by Gasteiger charge is -2.21. The fraction of sp³-hybridized carbons (Fsp3) is 0.562. The third-order valence-electron chi connectivity index (χ3n) is 3.65. The van der Waals surface area contributed by atoms with Gasteiger partial charge in [-0.25, -0.2) is 9.38 Å². The van der Waals surface area contributed by atoms with Crippen LogP contribution in [0.25, 0.3) is 0 Å². The molecule has 116 valence electrons. The quantitative estimate of drug-likeness (QED) is 0.668. The highest BCUT2D eigenvalue weighted by molar-refractivity contribution is 5.80. The monoisotopic (exact) mass is 293 g/mol. The van der Waals surface area contributed by atoms with Crippen molar-refractivity contribution in [3.8, 4) is 0 Å². The number of rotatable bonds is 5. The van der Waals surface area contributed by atoms with Crippen LogP contribution in [-0.2, 0) is 11.3 Å². The average Bonchev–Trinajstić information content (AvgIpc) is 2.94. The Kier molecular flexibility index (Phi) is 5.99. The Hall–Kier alpha value is -1.62. The highest BCUT2D eigenvalue weighted by Gasteiger charge is 2.24. The van der Waals surface area contributed by atoms with Crippen LogP contribution in [0.4, 0.5) is 4.39 Å². The summed E-state index contributed by atoms with van der Waals surface area (Å²) in [5.74, 6) is 1.29. The van der Waals surface area contributed by atoms with E-state index in [9.17, 15) is 4.39 Å². The molecule has 21 heavy (non-hydrogen) atoms. The molecule has 1 heterocycles. The second-order valence-electron chi connectivity index (χ2n) is 5.35. The van der Waals surface area contributed by atoms with Crippen molar-refractivity contribution in [3.05, 3.63) is 35.6 Å². The first kappa shape index (κ1) is 15.8. The molecule has 5 heteroatoms. The fourth-order valence-electron chi connectivity index (χ4n) is 2.58. The van der Waals surface area contributed by atoms with Gasteiger partial charge in [0.2, 0.25) is 0 Å². The van der Waals surface area contributed by atoms with Crippen molar-refractivity contribution >= 4 is 5.96 Å².